The van der Waals surface area contributed by atoms with E-state index in [0.717, 1.165) is 11.1 Å². The van der Waals surface area contributed by atoms with E-state index in [-0.39, 0.29) is 24.9 Å². The van der Waals surface area contributed by atoms with Crippen molar-refractivity contribution in [2.75, 3.05) is 20.2 Å². The van der Waals surface area contributed by atoms with Gasteiger partial charge in [-0.2, -0.15) is 0 Å². The first-order valence-corrected chi connectivity index (χ1v) is 10.0. The molecule has 1 atom stereocenters. The molecule has 0 saturated carbocycles. The van der Waals surface area contributed by atoms with E-state index >= 15 is 0 Å². The average Bonchev–Trinajstić information content (AvgIpc) is 2.98. The minimum atomic E-state index is -1.06. The van der Waals surface area contributed by atoms with Gasteiger partial charge in [0, 0.05) is 12.1 Å². The van der Waals surface area contributed by atoms with Gasteiger partial charge in [0.2, 0.25) is 0 Å². The number of nitrogens with one attached hydrogen (secondary N) is 1. The Morgan fingerprint density at radius 2 is 1.93 bits per heavy atom. The average molecular weight is 407 g/mol. The Labute approximate surface area is 175 Å². The summed E-state index contributed by atoms with van der Waals surface area (Å²) >= 11 is 0. The molecule has 1 spiro atoms. The third kappa shape index (κ3) is 3.63. The summed E-state index contributed by atoms with van der Waals surface area (Å²) in [6, 6.07) is 14.3. The first-order valence-electron chi connectivity index (χ1n) is 10.0. The van der Waals surface area contributed by atoms with Crippen LogP contribution in [0.25, 0.3) is 0 Å². The van der Waals surface area contributed by atoms with Crippen molar-refractivity contribution in [1.82, 2.24) is 15.1 Å². The number of amides is 4. The maximum Gasteiger partial charge on any atom is 0.325 e. The number of urea groups is 1. The standard InChI is InChI=1S/C23H25N3O4/c1-16-7-9-17(10-8-16)14-26-21(28)23(24-22(26)29)11-4-12-25(15-23)20(27)18-5-3-6-19(13-18)30-2/h3,5-10,13H,4,11-12,14-15H2,1-2H3,(H,24,29)/t23-/m1/s1. The predicted molar refractivity (Wildman–Crippen MR) is 111 cm³/mol. The number of ether oxygens (including phenoxy) is 1. The molecule has 0 radical (unpaired) electrons. The van der Waals surface area contributed by atoms with Crippen LogP contribution in [0.1, 0.15) is 34.3 Å². The van der Waals surface area contributed by atoms with Crippen LogP contribution in [0.3, 0.4) is 0 Å². The Hall–Kier alpha value is -3.35. The smallest absolute Gasteiger partial charge is 0.325 e. The molecule has 0 unspecified atom stereocenters. The Balaban J connectivity index is 1.52. The van der Waals surface area contributed by atoms with E-state index in [9.17, 15) is 14.4 Å². The lowest BCUT2D eigenvalue weighted by Gasteiger charge is -2.38. The van der Waals surface area contributed by atoms with Gasteiger partial charge in [0.1, 0.15) is 11.3 Å². The fourth-order valence-electron chi connectivity index (χ4n) is 4.14. The predicted octanol–water partition coefficient (Wildman–Crippen LogP) is 2.73. The summed E-state index contributed by atoms with van der Waals surface area (Å²) in [6.07, 6.45) is 1.16. The fourth-order valence-corrected chi connectivity index (χ4v) is 4.14. The first kappa shape index (κ1) is 19.9. The summed E-state index contributed by atoms with van der Waals surface area (Å²) in [7, 11) is 1.55. The summed E-state index contributed by atoms with van der Waals surface area (Å²) in [4.78, 5) is 41.8. The summed E-state index contributed by atoms with van der Waals surface area (Å²) in [5, 5.41) is 2.88. The Morgan fingerprint density at radius 1 is 1.17 bits per heavy atom. The zero-order valence-corrected chi connectivity index (χ0v) is 17.2. The number of hydrogen-bond donors (Lipinski definition) is 1. The monoisotopic (exact) mass is 407 g/mol. The van der Waals surface area contributed by atoms with Gasteiger partial charge in [-0.3, -0.25) is 14.5 Å². The molecule has 2 fully saturated rings. The lowest BCUT2D eigenvalue weighted by molar-refractivity contribution is -0.133. The molecule has 2 heterocycles. The molecule has 2 aromatic rings. The molecular weight excluding hydrogens is 382 g/mol. The number of benzene rings is 2. The fraction of sp³-hybridized carbons (Fsp3) is 0.348. The van der Waals surface area contributed by atoms with Crippen molar-refractivity contribution in [3.63, 3.8) is 0 Å². The number of carbonyl (C=O) groups is 3. The van der Waals surface area contributed by atoms with Crippen LogP contribution in [-0.4, -0.2) is 53.4 Å². The molecule has 4 rings (SSSR count). The van der Waals surface area contributed by atoms with E-state index in [4.69, 9.17) is 4.74 Å². The number of imide groups is 1. The number of piperidine rings is 1. The molecule has 2 aromatic carbocycles. The molecule has 7 heteroatoms. The highest BCUT2D eigenvalue weighted by Crippen LogP contribution is 2.30. The number of methoxy groups -OCH3 is 1. The highest BCUT2D eigenvalue weighted by Gasteiger charge is 2.53. The Kier molecular flexibility index (Phi) is 5.20. The lowest BCUT2D eigenvalue weighted by Crippen LogP contribution is -2.59. The molecule has 2 saturated heterocycles. The summed E-state index contributed by atoms with van der Waals surface area (Å²) in [5.74, 6) is 0.158. The van der Waals surface area contributed by atoms with Gasteiger partial charge in [-0.1, -0.05) is 35.9 Å². The van der Waals surface area contributed by atoms with Crippen molar-refractivity contribution in [3.8, 4) is 5.75 Å². The molecular formula is C23H25N3O4. The van der Waals surface area contributed by atoms with Crippen LogP contribution in [0, 0.1) is 6.92 Å². The summed E-state index contributed by atoms with van der Waals surface area (Å²) < 4.78 is 5.21. The molecule has 0 aliphatic carbocycles. The van der Waals surface area contributed by atoms with Crippen LogP contribution in [0.5, 0.6) is 5.75 Å². The van der Waals surface area contributed by atoms with E-state index in [0.29, 0.717) is 30.7 Å². The molecule has 2 aliphatic heterocycles. The number of rotatable bonds is 4. The van der Waals surface area contributed by atoms with Crippen molar-refractivity contribution >= 4 is 17.8 Å². The second-order valence-corrected chi connectivity index (χ2v) is 7.95. The number of nitrogens with zero attached hydrogens (tertiary/aromatic N) is 2. The third-order valence-corrected chi connectivity index (χ3v) is 5.80. The van der Waals surface area contributed by atoms with Crippen molar-refractivity contribution in [1.29, 1.82) is 0 Å². The normalized spacial score (nSPS) is 21.1. The van der Waals surface area contributed by atoms with Gasteiger partial charge >= 0.3 is 6.03 Å². The first-order chi connectivity index (χ1) is 14.4. The van der Waals surface area contributed by atoms with E-state index in [1.807, 2.05) is 31.2 Å². The number of likely N-dealkylation sites (tertiary alicyclic amines) is 1. The zero-order chi connectivity index (χ0) is 21.3. The number of carbonyl (C=O) groups excluding carboxylic acids is 3. The molecule has 0 bridgehead atoms. The van der Waals surface area contributed by atoms with Gasteiger partial charge < -0.3 is 15.0 Å². The third-order valence-electron chi connectivity index (χ3n) is 5.80. The Morgan fingerprint density at radius 3 is 2.67 bits per heavy atom. The number of aryl methyl sites for hydroxylation is 1. The lowest BCUT2D eigenvalue weighted by atomic mass is 9.88. The van der Waals surface area contributed by atoms with E-state index in [1.54, 1.807) is 36.3 Å². The summed E-state index contributed by atoms with van der Waals surface area (Å²) in [6.45, 7) is 2.91. The van der Waals surface area contributed by atoms with Crippen LogP contribution in [0.15, 0.2) is 48.5 Å². The molecule has 156 valence electrons. The highest BCUT2D eigenvalue weighted by atomic mass is 16.5. The van der Waals surface area contributed by atoms with Crippen LogP contribution in [0.4, 0.5) is 4.79 Å². The van der Waals surface area contributed by atoms with E-state index in [2.05, 4.69) is 5.32 Å². The maximum absolute atomic E-state index is 13.3. The zero-order valence-electron chi connectivity index (χ0n) is 17.2. The van der Waals surface area contributed by atoms with Crippen molar-refractivity contribution < 1.29 is 19.1 Å². The van der Waals surface area contributed by atoms with Gasteiger partial charge in [0.15, 0.2) is 0 Å². The van der Waals surface area contributed by atoms with Gasteiger partial charge in [-0.25, -0.2) is 4.79 Å². The topological polar surface area (TPSA) is 79.0 Å². The number of hydrogen-bond acceptors (Lipinski definition) is 4. The van der Waals surface area contributed by atoms with Crippen molar-refractivity contribution in [2.45, 2.75) is 31.8 Å². The van der Waals surface area contributed by atoms with E-state index < -0.39 is 11.6 Å². The van der Waals surface area contributed by atoms with Crippen LogP contribution >= 0.6 is 0 Å². The van der Waals surface area contributed by atoms with Crippen LogP contribution < -0.4 is 10.1 Å². The van der Waals surface area contributed by atoms with Gasteiger partial charge in [-0.15, -0.1) is 0 Å². The molecule has 30 heavy (non-hydrogen) atoms. The Bertz CT molecular complexity index is 988. The largest absolute Gasteiger partial charge is 0.497 e. The second kappa shape index (κ2) is 7.82. The van der Waals surface area contributed by atoms with Crippen molar-refractivity contribution in [3.05, 3.63) is 65.2 Å². The molecule has 0 aromatic heterocycles. The van der Waals surface area contributed by atoms with Gasteiger partial charge in [0.05, 0.1) is 20.2 Å². The summed E-state index contributed by atoms with van der Waals surface area (Å²) in [5.41, 5.74) is 1.45. The molecule has 2 aliphatic rings. The van der Waals surface area contributed by atoms with Gasteiger partial charge in [0.25, 0.3) is 11.8 Å². The van der Waals surface area contributed by atoms with Crippen LogP contribution in [-0.2, 0) is 11.3 Å². The SMILES string of the molecule is COc1cccc(C(=O)N2CCC[C@]3(C2)NC(=O)N(Cc2ccc(C)cc2)C3=O)c1. The quantitative estimate of drug-likeness (QED) is 0.791. The minimum absolute atomic E-state index is 0.165. The van der Waals surface area contributed by atoms with Crippen LogP contribution in [0.2, 0.25) is 0 Å². The second-order valence-electron chi connectivity index (χ2n) is 7.95. The van der Waals surface area contributed by atoms with Gasteiger partial charge in [-0.05, 0) is 43.5 Å². The minimum Gasteiger partial charge on any atom is -0.497 e. The molecule has 7 nitrogen and oxygen atoms in total. The highest BCUT2D eigenvalue weighted by molar-refractivity contribution is 6.07. The molecule has 1 N–H and O–H groups in total. The maximum atomic E-state index is 13.3. The van der Waals surface area contributed by atoms with E-state index in [1.165, 1.54) is 4.90 Å². The molecule has 4 amide bonds. The van der Waals surface area contributed by atoms with Crippen molar-refractivity contribution in [2.24, 2.45) is 0 Å².